The van der Waals surface area contributed by atoms with Crippen LogP contribution in [-0.4, -0.2) is 41.4 Å². The summed E-state index contributed by atoms with van der Waals surface area (Å²) in [4.78, 5) is 12.3. The van der Waals surface area contributed by atoms with E-state index in [0.29, 0.717) is 18.1 Å². The summed E-state index contributed by atoms with van der Waals surface area (Å²) < 4.78 is 7.41. The predicted octanol–water partition coefficient (Wildman–Crippen LogP) is 1.70. The zero-order chi connectivity index (χ0) is 15.5. The number of carbonyl (C=O) groups is 1. The third-order valence-corrected chi connectivity index (χ3v) is 4.03. The van der Waals surface area contributed by atoms with Gasteiger partial charge in [0.1, 0.15) is 0 Å². The van der Waals surface area contributed by atoms with E-state index in [1.165, 1.54) is 12.8 Å². The highest BCUT2D eigenvalue weighted by atomic mass is 16.5. The minimum Gasteiger partial charge on any atom is -0.389 e. The van der Waals surface area contributed by atoms with E-state index in [-0.39, 0.29) is 19.1 Å². The second-order valence-corrected chi connectivity index (χ2v) is 6.01. The Morgan fingerprint density at radius 3 is 3.05 bits per heavy atom. The van der Waals surface area contributed by atoms with Gasteiger partial charge < -0.3 is 19.7 Å². The third kappa shape index (κ3) is 3.48. The van der Waals surface area contributed by atoms with Crippen LogP contribution in [0.5, 0.6) is 0 Å². The first-order valence-corrected chi connectivity index (χ1v) is 7.73. The van der Waals surface area contributed by atoms with Crippen LogP contribution in [0, 0.1) is 5.92 Å². The number of ether oxygens (including phenoxy) is 1. The molecule has 0 radical (unpaired) electrons. The Morgan fingerprint density at radius 1 is 1.45 bits per heavy atom. The number of hydrogen-bond acceptors (Lipinski definition) is 3. The summed E-state index contributed by atoms with van der Waals surface area (Å²) in [5.41, 5.74) is 1.64. The maximum Gasteiger partial charge on any atom is 0.252 e. The zero-order valence-corrected chi connectivity index (χ0v) is 12.8. The number of benzene rings is 1. The average molecular weight is 302 g/mol. The fraction of sp³-hybridized carbons (Fsp3) is 0.471. The summed E-state index contributed by atoms with van der Waals surface area (Å²) >= 11 is 0. The summed E-state index contributed by atoms with van der Waals surface area (Å²) in [6.45, 7) is 1.19. The highest BCUT2D eigenvalue weighted by Gasteiger charge is 2.21. The normalized spacial score (nSPS) is 15.9. The van der Waals surface area contributed by atoms with Crippen molar-refractivity contribution in [3.8, 4) is 0 Å². The molecule has 1 unspecified atom stereocenters. The van der Waals surface area contributed by atoms with Crippen LogP contribution in [-0.2, 0) is 11.8 Å². The van der Waals surface area contributed by atoms with Gasteiger partial charge in [-0.3, -0.25) is 4.79 Å². The van der Waals surface area contributed by atoms with Crippen LogP contribution in [0.15, 0.2) is 30.5 Å². The molecule has 0 saturated heterocycles. The number of hydrogen-bond donors (Lipinski definition) is 2. The fourth-order valence-corrected chi connectivity index (χ4v) is 2.52. The van der Waals surface area contributed by atoms with Crippen molar-refractivity contribution in [2.75, 3.05) is 19.8 Å². The van der Waals surface area contributed by atoms with Gasteiger partial charge in [0.05, 0.1) is 12.7 Å². The van der Waals surface area contributed by atoms with E-state index in [4.69, 9.17) is 4.74 Å². The van der Waals surface area contributed by atoms with E-state index in [9.17, 15) is 9.90 Å². The van der Waals surface area contributed by atoms with E-state index < -0.39 is 6.10 Å². The Balaban J connectivity index is 1.54. The maximum atomic E-state index is 12.3. The van der Waals surface area contributed by atoms with Crippen LogP contribution >= 0.6 is 0 Å². The van der Waals surface area contributed by atoms with Gasteiger partial charge in [-0.15, -0.1) is 0 Å². The number of carbonyl (C=O) groups excluding carboxylic acids is 1. The van der Waals surface area contributed by atoms with Crippen molar-refractivity contribution < 1.29 is 14.6 Å². The highest BCUT2D eigenvalue weighted by Crippen LogP contribution is 2.28. The summed E-state index contributed by atoms with van der Waals surface area (Å²) in [7, 11) is 1.95. The van der Waals surface area contributed by atoms with Crippen molar-refractivity contribution in [2.24, 2.45) is 13.0 Å². The van der Waals surface area contributed by atoms with Crippen LogP contribution < -0.4 is 5.32 Å². The molecule has 1 heterocycles. The lowest BCUT2D eigenvalue weighted by Gasteiger charge is -2.12. The standard InChI is InChI=1S/C17H22N2O3/c1-19-8-7-14-15(3-2-4-16(14)19)17(21)18-9-13(20)11-22-10-12-5-6-12/h2-4,7-8,12-13,20H,5-6,9-11H2,1H3,(H,18,21). The second kappa shape index (κ2) is 6.50. The van der Waals surface area contributed by atoms with E-state index in [1.54, 1.807) is 6.07 Å². The lowest BCUT2D eigenvalue weighted by Crippen LogP contribution is -2.34. The molecule has 1 aliphatic rings. The molecule has 5 nitrogen and oxygen atoms in total. The van der Waals surface area contributed by atoms with Crippen LogP contribution in [0.3, 0.4) is 0 Å². The molecule has 1 fully saturated rings. The number of nitrogens with zero attached hydrogens (tertiary/aromatic N) is 1. The van der Waals surface area contributed by atoms with Crippen LogP contribution in [0.25, 0.3) is 10.9 Å². The van der Waals surface area contributed by atoms with Crippen molar-refractivity contribution in [1.82, 2.24) is 9.88 Å². The molecule has 0 aliphatic heterocycles. The minimum atomic E-state index is -0.669. The molecule has 2 N–H and O–H groups in total. The quantitative estimate of drug-likeness (QED) is 0.818. The molecule has 118 valence electrons. The fourth-order valence-electron chi connectivity index (χ4n) is 2.52. The molecule has 1 aliphatic carbocycles. The minimum absolute atomic E-state index is 0.168. The number of rotatable bonds is 7. The second-order valence-electron chi connectivity index (χ2n) is 6.01. The Hall–Kier alpha value is -1.85. The van der Waals surface area contributed by atoms with Crippen LogP contribution in [0.4, 0.5) is 0 Å². The molecule has 5 heteroatoms. The van der Waals surface area contributed by atoms with Gasteiger partial charge in [0.25, 0.3) is 5.91 Å². The van der Waals surface area contributed by atoms with Gasteiger partial charge in [-0.1, -0.05) is 6.07 Å². The number of fused-ring (bicyclic) bond motifs is 1. The van der Waals surface area contributed by atoms with Gasteiger partial charge in [-0.2, -0.15) is 0 Å². The van der Waals surface area contributed by atoms with Crippen molar-refractivity contribution in [1.29, 1.82) is 0 Å². The van der Waals surface area contributed by atoms with E-state index in [0.717, 1.165) is 10.9 Å². The Morgan fingerprint density at radius 2 is 2.27 bits per heavy atom. The zero-order valence-electron chi connectivity index (χ0n) is 12.8. The molecule has 3 rings (SSSR count). The van der Waals surface area contributed by atoms with Gasteiger partial charge in [-0.25, -0.2) is 0 Å². The molecule has 0 bridgehead atoms. The molecule has 1 saturated carbocycles. The van der Waals surface area contributed by atoms with Gasteiger partial charge in [0.15, 0.2) is 0 Å². The van der Waals surface area contributed by atoms with Crippen molar-refractivity contribution in [3.05, 3.63) is 36.0 Å². The first-order valence-electron chi connectivity index (χ1n) is 7.73. The summed E-state index contributed by atoms with van der Waals surface area (Å²) in [5, 5.41) is 13.5. The molecule has 2 aromatic rings. The Labute approximate surface area is 129 Å². The number of aryl methyl sites for hydroxylation is 1. The largest absolute Gasteiger partial charge is 0.389 e. The summed E-state index contributed by atoms with van der Waals surface area (Å²) in [6, 6.07) is 7.58. The third-order valence-electron chi connectivity index (χ3n) is 4.03. The number of aliphatic hydroxyl groups excluding tert-OH is 1. The number of aromatic nitrogens is 1. The van der Waals surface area contributed by atoms with E-state index in [2.05, 4.69) is 5.32 Å². The molecule has 1 amide bonds. The van der Waals surface area contributed by atoms with E-state index >= 15 is 0 Å². The molecule has 0 spiro atoms. The average Bonchev–Trinajstić information content (AvgIpc) is 3.27. The molecule has 1 aromatic heterocycles. The monoisotopic (exact) mass is 302 g/mol. The SMILES string of the molecule is Cn1ccc2c(C(=O)NCC(O)COCC3CC3)cccc21. The lowest BCUT2D eigenvalue weighted by atomic mass is 10.1. The lowest BCUT2D eigenvalue weighted by molar-refractivity contribution is 0.0321. The van der Waals surface area contributed by atoms with Crippen LogP contribution in [0.2, 0.25) is 0 Å². The van der Waals surface area contributed by atoms with Gasteiger partial charge in [0.2, 0.25) is 0 Å². The highest BCUT2D eigenvalue weighted by molar-refractivity contribution is 6.06. The van der Waals surface area contributed by atoms with Crippen LogP contribution in [0.1, 0.15) is 23.2 Å². The van der Waals surface area contributed by atoms with Crippen molar-refractivity contribution in [2.45, 2.75) is 18.9 Å². The van der Waals surface area contributed by atoms with Gasteiger partial charge in [0, 0.05) is 42.9 Å². The van der Waals surface area contributed by atoms with E-state index in [1.807, 2.05) is 36.0 Å². The maximum absolute atomic E-state index is 12.3. The predicted molar refractivity (Wildman–Crippen MR) is 84.8 cm³/mol. The molecule has 1 atom stereocenters. The molecular weight excluding hydrogens is 280 g/mol. The molecule has 1 aromatic carbocycles. The first kappa shape index (κ1) is 15.1. The van der Waals surface area contributed by atoms with Gasteiger partial charge >= 0.3 is 0 Å². The number of nitrogens with one attached hydrogen (secondary N) is 1. The number of amides is 1. The molecule has 22 heavy (non-hydrogen) atoms. The van der Waals surface area contributed by atoms with Gasteiger partial charge in [-0.05, 0) is 37.0 Å². The first-order chi connectivity index (χ1) is 10.6. The molecular formula is C17H22N2O3. The smallest absolute Gasteiger partial charge is 0.252 e. The van der Waals surface area contributed by atoms with Crippen molar-refractivity contribution in [3.63, 3.8) is 0 Å². The Bertz CT molecular complexity index is 661. The van der Waals surface area contributed by atoms with Crippen molar-refractivity contribution >= 4 is 16.8 Å². The summed E-state index contributed by atoms with van der Waals surface area (Å²) in [5.74, 6) is 0.510. The summed E-state index contributed by atoms with van der Waals surface area (Å²) in [6.07, 6.45) is 3.72. The Kier molecular flexibility index (Phi) is 4.45. The topological polar surface area (TPSA) is 63.5 Å². The number of aliphatic hydroxyl groups is 1.